The van der Waals surface area contributed by atoms with Crippen LogP contribution in [-0.2, 0) is 17.8 Å². The first-order valence-corrected chi connectivity index (χ1v) is 7.77. The van der Waals surface area contributed by atoms with Gasteiger partial charge in [-0.05, 0) is 41.7 Å². The molecule has 1 unspecified atom stereocenters. The molecule has 0 saturated carbocycles. The lowest BCUT2D eigenvalue weighted by Gasteiger charge is -2.12. The van der Waals surface area contributed by atoms with E-state index in [0.717, 1.165) is 35.0 Å². The van der Waals surface area contributed by atoms with Crippen molar-refractivity contribution in [2.45, 2.75) is 25.3 Å². The number of benzene rings is 2. The van der Waals surface area contributed by atoms with Crippen molar-refractivity contribution >= 4 is 16.9 Å². The highest BCUT2D eigenvalue weighted by Gasteiger charge is 2.27. The minimum atomic E-state index is -0.219. The summed E-state index contributed by atoms with van der Waals surface area (Å²) in [5.74, 6) is 0.0135. The Bertz CT molecular complexity index is 939. The van der Waals surface area contributed by atoms with Gasteiger partial charge in [0.1, 0.15) is 0 Å². The number of imidazole rings is 1. The summed E-state index contributed by atoms with van der Waals surface area (Å²) in [5, 5.41) is 3.01. The summed E-state index contributed by atoms with van der Waals surface area (Å²) >= 11 is 0. The summed E-state index contributed by atoms with van der Waals surface area (Å²) in [5.41, 5.74) is 4.70. The molecule has 0 saturated heterocycles. The lowest BCUT2D eigenvalue weighted by Crippen LogP contribution is -2.27. The van der Waals surface area contributed by atoms with E-state index in [2.05, 4.69) is 21.4 Å². The number of rotatable bonds is 3. The number of fused-ring (bicyclic) bond motifs is 2. The SMILES string of the molecule is O=C(NCc1ccc2[nH]c(=O)[nH]c2c1)C1CCc2ccccc21. The Morgan fingerprint density at radius 1 is 1.13 bits per heavy atom. The number of hydrogen-bond donors (Lipinski definition) is 3. The molecule has 5 heteroatoms. The number of H-pyrrole nitrogens is 2. The van der Waals surface area contributed by atoms with E-state index in [-0.39, 0.29) is 17.5 Å². The highest BCUT2D eigenvalue weighted by molar-refractivity contribution is 5.85. The van der Waals surface area contributed by atoms with Crippen molar-refractivity contribution in [1.29, 1.82) is 0 Å². The first kappa shape index (κ1) is 13.8. The van der Waals surface area contributed by atoms with Gasteiger partial charge >= 0.3 is 5.69 Å². The highest BCUT2D eigenvalue weighted by Crippen LogP contribution is 2.32. The lowest BCUT2D eigenvalue weighted by molar-refractivity contribution is -0.122. The van der Waals surface area contributed by atoms with E-state index >= 15 is 0 Å². The lowest BCUT2D eigenvalue weighted by atomic mass is 10.0. The van der Waals surface area contributed by atoms with Crippen LogP contribution in [0.4, 0.5) is 0 Å². The van der Waals surface area contributed by atoms with Crippen molar-refractivity contribution in [3.8, 4) is 0 Å². The largest absolute Gasteiger partial charge is 0.351 e. The zero-order valence-electron chi connectivity index (χ0n) is 12.6. The Balaban J connectivity index is 1.48. The molecule has 23 heavy (non-hydrogen) atoms. The van der Waals surface area contributed by atoms with E-state index in [4.69, 9.17) is 0 Å². The normalized spacial score (nSPS) is 16.4. The van der Waals surface area contributed by atoms with Gasteiger partial charge in [-0.2, -0.15) is 0 Å². The Morgan fingerprint density at radius 3 is 2.87 bits per heavy atom. The Kier molecular flexibility index (Phi) is 3.26. The van der Waals surface area contributed by atoms with Crippen LogP contribution in [-0.4, -0.2) is 15.9 Å². The summed E-state index contributed by atoms with van der Waals surface area (Å²) in [6.07, 6.45) is 1.83. The summed E-state index contributed by atoms with van der Waals surface area (Å²) in [6.45, 7) is 0.459. The average molecular weight is 307 g/mol. The molecule has 0 aliphatic heterocycles. The molecule has 1 aliphatic carbocycles. The van der Waals surface area contributed by atoms with Crippen LogP contribution >= 0.6 is 0 Å². The molecule has 3 aromatic rings. The number of aryl methyl sites for hydroxylation is 1. The molecule has 3 N–H and O–H groups in total. The molecular formula is C18H17N3O2. The average Bonchev–Trinajstić information content (AvgIpc) is 3.14. The van der Waals surface area contributed by atoms with Gasteiger partial charge in [-0.1, -0.05) is 30.3 Å². The van der Waals surface area contributed by atoms with Gasteiger partial charge in [0.05, 0.1) is 17.0 Å². The Morgan fingerprint density at radius 2 is 1.96 bits per heavy atom. The van der Waals surface area contributed by atoms with Crippen LogP contribution in [0.1, 0.15) is 29.0 Å². The third-order valence-corrected chi connectivity index (χ3v) is 4.50. The van der Waals surface area contributed by atoms with Crippen molar-refractivity contribution in [3.05, 3.63) is 69.6 Å². The fourth-order valence-corrected chi connectivity index (χ4v) is 3.33. The maximum absolute atomic E-state index is 12.5. The van der Waals surface area contributed by atoms with Crippen molar-refractivity contribution in [3.63, 3.8) is 0 Å². The van der Waals surface area contributed by atoms with Gasteiger partial charge in [-0.3, -0.25) is 4.79 Å². The molecule has 0 spiro atoms. The minimum Gasteiger partial charge on any atom is -0.351 e. The standard InChI is InChI=1S/C18H17N3O2/c22-17(14-7-6-12-3-1-2-4-13(12)14)19-10-11-5-8-15-16(9-11)21-18(23)20-15/h1-5,8-9,14H,6-7,10H2,(H,19,22)(H2,20,21,23). The molecule has 0 radical (unpaired) electrons. The van der Waals surface area contributed by atoms with Crippen LogP contribution in [0.2, 0.25) is 0 Å². The number of aromatic amines is 2. The second-order valence-corrected chi connectivity index (χ2v) is 5.97. The van der Waals surface area contributed by atoms with Crippen molar-refractivity contribution in [2.24, 2.45) is 0 Å². The van der Waals surface area contributed by atoms with Crippen LogP contribution in [0.15, 0.2) is 47.3 Å². The molecule has 0 fully saturated rings. The Labute approximate surface area is 132 Å². The summed E-state index contributed by atoms with van der Waals surface area (Å²) in [6, 6.07) is 13.8. The van der Waals surface area contributed by atoms with Gasteiger partial charge in [0.2, 0.25) is 5.91 Å². The monoisotopic (exact) mass is 307 g/mol. The molecule has 2 aromatic carbocycles. The van der Waals surface area contributed by atoms with Gasteiger partial charge in [0, 0.05) is 6.54 Å². The number of amides is 1. The predicted molar refractivity (Wildman–Crippen MR) is 88.3 cm³/mol. The van der Waals surface area contributed by atoms with Crippen LogP contribution in [0.3, 0.4) is 0 Å². The first-order chi connectivity index (χ1) is 11.2. The van der Waals surface area contributed by atoms with Crippen LogP contribution in [0, 0.1) is 0 Å². The van der Waals surface area contributed by atoms with E-state index in [9.17, 15) is 9.59 Å². The second-order valence-electron chi connectivity index (χ2n) is 5.97. The molecule has 1 aromatic heterocycles. The van der Waals surface area contributed by atoms with Gasteiger partial charge < -0.3 is 15.3 Å². The fourth-order valence-electron chi connectivity index (χ4n) is 3.33. The molecular weight excluding hydrogens is 290 g/mol. The molecule has 5 nitrogen and oxygen atoms in total. The third kappa shape index (κ3) is 2.54. The van der Waals surface area contributed by atoms with Crippen LogP contribution in [0.25, 0.3) is 11.0 Å². The fraction of sp³-hybridized carbons (Fsp3) is 0.222. The zero-order valence-corrected chi connectivity index (χ0v) is 12.6. The van der Waals surface area contributed by atoms with Gasteiger partial charge in [0.15, 0.2) is 0 Å². The minimum absolute atomic E-state index is 0.0537. The number of carbonyl (C=O) groups excluding carboxylic acids is 1. The van der Waals surface area contributed by atoms with E-state index in [1.807, 2.05) is 36.4 Å². The maximum Gasteiger partial charge on any atom is 0.323 e. The van der Waals surface area contributed by atoms with Crippen LogP contribution < -0.4 is 11.0 Å². The molecule has 116 valence electrons. The molecule has 1 aliphatic rings. The Hall–Kier alpha value is -2.82. The van der Waals surface area contributed by atoms with Crippen LogP contribution in [0.5, 0.6) is 0 Å². The number of hydrogen-bond acceptors (Lipinski definition) is 2. The quantitative estimate of drug-likeness (QED) is 0.693. The molecule has 1 atom stereocenters. The smallest absolute Gasteiger partial charge is 0.323 e. The van der Waals surface area contributed by atoms with Gasteiger partial charge in [-0.25, -0.2) is 4.79 Å². The summed E-state index contributed by atoms with van der Waals surface area (Å²) in [4.78, 5) is 29.2. The molecule has 1 amide bonds. The second kappa shape index (κ2) is 5.43. The van der Waals surface area contributed by atoms with Crippen molar-refractivity contribution in [1.82, 2.24) is 15.3 Å². The zero-order chi connectivity index (χ0) is 15.8. The first-order valence-electron chi connectivity index (χ1n) is 7.77. The maximum atomic E-state index is 12.5. The summed E-state index contributed by atoms with van der Waals surface area (Å²) in [7, 11) is 0. The van der Waals surface area contributed by atoms with Gasteiger partial charge in [0.25, 0.3) is 0 Å². The van der Waals surface area contributed by atoms with Crippen molar-refractivity contribution < 1.29 is 4.79 Å². The van der Waals surface area contributed by atoms with E-state index in [1.165, 1.54) is 5.56 Å². The highest BCUT2D eigenvalue weighted by atomic mass is 16.2. The number of carbonyl (C=O) groups is 1. The third-order valence-electron chi connectivity index (χ3n) is 4.50. The predicted octanol–water partition coefficient (Wildman–Crippen LogP) is 2.20. The molecule has 4 rings (SSSR count). The molecule has 0 bridgehead atoms. The van der Waals surface area contributed by atoms with E-state index in [0.29, 0.717) is 6.54 Å². The van der Waals surface area contributed by atoms with Crippen molar-refractivity contribution in [2.75, 3.05) is 0 Å². The van der Waals surface area contributed by atoms with Gasteiger partial charge in [-0.15, -0.1) is 0 Å². The topological polar surface area (TPSA) is 77.8 Å². The molecule has 1 heterocycles. The van der Waals surface area contributed by atoms with E-state index in [1.54, 1.807) is 0 Å². The number of nitrogens with one attached hydrogen (secondary N) is 3. The summed E-state index contributed by atoms with van der Waals surface area (Å²) < 4.78 is 0. The van der Waals surface area contributed by atoms with E-state index < -0.39 is 0 Å². The number of aromatic nitrogens is 2.